The van der Waals surface area contributed by atoms with E-state index in [-0.39, 0.29) is 24.8 Å². The number of ether oxygens (including phenoxy) is 1. The predicted molar refractivity (Wildman–Crippen MR) is 146 cm³/mol. The minimum atomic E-state index is -0.563. The minimum absolute atomic E-state index is 0.0686. The van der Waals surface area contributed by atoms with Crippen LogP contribution in [0.25, 0.3) is 5.00 Å². The van der Waals surface area contributed by atoms with Crippen LogP contribution in [0.5, 0.6) is 0 Å². The number of anilines is 1. The number of aliphatic imine (C=N–C) groups is 1. The molecule has 0 spiro atoms. The summed E-state index contributed by atoms with van der Waals surface area (Å²) in [7, 11) is 0. The van der Waals surface area contributed by atoms with Crippen molar-refractivity contribution in [1.29, 1.82) is 0 Å². The molecule has 4 heterocycles. The third-order valence-electron chi connectivity index (χ3n) is 6.81. The van der Waals surface area contributed by atoms with E-state index in [9.17, 15) is 4.79 Å². The number of benzene rings is 2. The van der Waals surface area contributed by atoms with Crippen molar-refractivity contribution in [3.8, 4) is 5.00 Å². The first kappa shape index (κ1) is 24.3. The number of halogens is 1. The zero-order valence-electron chi connectivity index (χ0n) is 20.8. The van der Waals surface area contributed by atoms with Crippen LogP contribution in [0.4, 0.5) is 5.69 Å². The Morgan fingerprint density at radius 1 is 1.21 bits per heavy atom. The molecule has 2 aromatic carbocycles. The highest BCUT2D eigenvalue weighted by molar-refractivity contribution is 7.15. The summed E-state index contributed by atoms with van der Waals surface area (Å²) in [5.41, 5.74) is 6.02. The van der Waals surface area contributed by atoms with Gasteiger partial charge in [-0.05, 0) is 61.8 Å². The molecule has 38 heavy (non-hydrogen) atoms. The summed E-state index contributed by atoms with van der Waals surface area (Å²) in [5, 5.41) is 25.6. The molecule has 0 aliphatic carbocycles. The number of rotatable bonds is 4. The molecule has 4 aromatic rings. The summed E-state index contributed by atoms with van der Waals surface area (Å²) in [6, 6.07) is 12.4. The number of oxime groups is 1. The van der Waals surface area contributed by atoms with Crippen LogP contribution in [-0.4, -0.2) is 37.5 Å². The highest BCUT2D eigenvalue weighted by Crippen LogP contribution is 2.39. The Balaban J connectivity index is 1.39. The van der Waals surface area contributed by atoms with E-state index in [1.54, 1.807) is 23.5 Å². The van der Waals surface area contributed by atoms with Crippen LogP contribution in [0.15, 0.2) is 52.6 Å². The van der Waals surface area contributed by atoms with E-state index in [1.165, 1.54) is 4.88 Å². The number of nitrogens with zero attached hydrogens (tertiary/aromatic N) is 5. The lowest BCUT2D eigenvalue weighted by Gasteiger charge is -2.13. The van der Waals surface area contributed by atoms with Crippen LogP contribution in [-0.2, 0) is 16.1 Å². The summed E-state index contributed by atoms with van der Waals surface area (Å²) >= 11 is 7.85. The standard InChI is InChI=1S/C27H23ClN6O3S/c1-13-14(2)38-27-23(13)24(16-4-6-18(28)7-5-16)30-21(25-32-31-15(3)34(25)27)11-22(35)29-19-8-9-20-17(10-19)12-37-26(20)33-36/h4-10,21,36H,11-12H2,1-3H3,(H,29,35)/b33-26+/t21-/m0/s1. The first-order chi connectivity index (χ1) is 18.3. The van der Waals surface area contributed by atoms with Gasteiger partial charge in [-0.2, -0.15) is 0 Å². The number of carbonyl (C=O) groups is 1. The van der Waals surface area contributed by atoms with Gasteiger partial charge in [0.15, 0.2) is 5.82 Å². The SMILES string of the molecule is Cc1sc2c(c1C)C(c1ccc(Cl)cc1)=N[C@@H](CC(=O)Nc1ccc3c(c1)CO/C3=N/O)c1nnc(C)n1-2. The summed E-state index contributed by atoms with van der Waals surface area (Å²) < 4.78 is 7.38. The fraction of sp³-hybridized carbons (Fsp3) is 0.222. The Kier molecular flexibility index (Phi) is 6.00. The van der Waals surface area contributed by atoms with E-state index in [0.29, 0.717) is 22.1 Å². The number of hydrogen-bond acceptors (Lipinski definition) is 8. The summed E-state index contributed by atoms with van der Waals surface area (Å²) in [6.45, 7) is 6.37. The molecule has 0 fully saturated rings. The molecule has 2 N–H and O–H groups in total. The van der Waals surface area contributed by atoms with Crippen molar-refractivity contribution in [3.05, 3.63) is 91.8 Å². The lowest BCUT2D eigenvalue weighted by molar-refractivity contribution is -0.116. The quantitative estimate of drug-likeness (QED) is 0.259. The van der Waals surface area contributed by atoms with Crippen molar-refractivity contribution in [2.75, 3.05) is 5.32 Å². The van der Waals surface area contributed by atoms with Crippen molar-refractivity contribution in [1.82, 2.24) is 14.8 Å². The highest BCUT2D eigenvalue weighted by atomic mass is 35.5. The van der Waals surface area contributed by atoms with Crippen LogP contribution in [0.2, 0.25) is 5.02 Å². The maximum Gasteiger partial charge on any atom is 0.258 e. The fourth-order valence-electron chi connectivity index (χ4n) is 4.83. The number of carbonyl (C=O) groups excluding carboxylic acids is 1. The van der Waals surface area contributed by atoms with Crippen LogP contribution in [0, 0.1) is 20.8 Å². The van der Waals surface area contributed by atoms with Gasteiger partial charge in [-0.1, -0.05) is 23.7 Å². The molecule has 6 rings (SSSR count). The van der Waals surface area contributed by atoms with Gasteiger partial charge in [0, 0.05) is 37.8 Å². The molecule has 1 atom stereocenters. The van der Waals surface area contributed by atoms with Gasteiger partial charge >= 0.3 is 0 Å². The van der Waals surface area contributed by atoms with Gasteiger partial charge in [-0.25, -0.2) is 0 Å². The van der Waals surface area contributed by atoms with Crippen LogP contribution < -0.4 is 5.32 Å². The van der Waals surface area contributed by atoms with Crippen LogP contribution in [0.1, 0.15) is 56.8 Å². The summed E-state index contributed by atoms with van der Waals surface area (Å²) in [5.74, 6) is 1.32. The molecule has 192 valence electrons. The second kappa shape index (κ2) is 9.38. The number of aromatic nitrogens is 3. The average molecular weight is 547 g/mol. The zero-order chi connectivity index (χ0) is 26.6. The van der Waals surface area contributed by atoms with E-state index in [4.69, 9.17) is 26.5 Å². The summed E-state index contributed by atoms with van der Waals surface area (Å²) in [4.78, 5) is 19.6. The molecule has 0 bridgehead atoms. The molecule has 0 unspecified atom stereocenters. The molecule has 0 saturated carbocycles. The molecule has 2 aliphatic heterocycles. The largest absolute Gasteiger partial charge is 0.470 e. The van der Waals surface area contributed by atoms with Crippen molar-refractivity contribution in [2.45, 2.75) is 39.8 Å². The van der Waals surface area contributed by atoms with Gasteiger partial charge in [0.25, 0.3) is 5.90 Å². The minimum Gasteiger partial charge on any atom is -0.470 e. The average Bonchev–Trinajstić information content (AvgIpc) is 3.54. The number of amides is 1. The molecule has 2 aromatic heterocycles. The van der Waals surface area contributed by atoms with E-state index in [2.05, 4.69) is 34.5 Å². The van der Waals surface area contributed by atoms with Gasteiger partial charge in [0.05, 0.1) is 12.1 Å². The van der Waals surface area contributed by atoms with Gasteiger partial charge < -0.3 is 15.3 Å². The first-order valence-corrected chi connectivity index (χ1v) is 13.2. The molecule has 0 saturated heterocycles. The Morgan fingerprint density at radius 3 is 2.76 bits per heavy atom. The van der Waals surface area contributed by atoms with Gasteiger partial charge in [-0.15, -0.1) is 21.5 Å². The van der Waals surface area contributed by atoms with Crippen LogP contribution in [0.3, 0.4) is 0 Å². The molecule has 0 radical (unpaired) electrons. The number of nitrogens with one attached hydrogen (secondary N) is 1. The van der Waals surface area contributed by atoms with Gasteiger partial charge in [-0.3, -0.25) is 14.4 Å². The molecular weight excluding hydrogens is 524 g/mol. The molecule has 2 aliphatic rings. The Bertz CT molecular complexity index is 1650. The number of fused-ring (bicyclic) bond motifs is 4. The second-order valence-corrected chi connectivity index (χ2v) is 10.9. The number of aryl methyl sites for hydroxylation is 2. The molecule has 1 amide bonds. The Labute approximate surface area is 227 Å². The fourth-order valence-corrected chi connectivity index (χ4v) is 6.17. The topological polar surface area (TPSA) is 114 Å². The Hall–Kier alpha value is -4.02. The maximum absolute atomic E-state index is 13.3. The van der Waals surface area contributed by atoms with E-state index < -0.39 is 6.04 Å². The smallest absolute Gasteiger partial charge is 0.258 e. The third-order valence-corrected chi connectivity index (χ3v) is 8.25. The molecule has 9 nitrogen and oxygen atoms in total. The second-order valence-electron chi connectivity index (χ2n) is 9.22. The monoisotopic (exact) mass is 546 g/mol. The van der Waals surface area contributed by atoms with Gasteiger partial charge in [0.1, 0.15) is 23.5 Å². The van der Waals surface area contributed by atoms with Crippen LogP contribution >= 0.6 is 22.9 Å². The van der Waals surface area contributed by atoms with Crippen molar-refractivity contribution < 1.29 is 14.7 Å². The normalized spacial score (nSPS) is 16.8. The number of thiophene rings is 1. The van der Waals surface area contributed by atoms with Crippen molar-refractivity contribution in [2.24, 2.45) is 10.1 Å². The maximum atomic E-state index is 13.3. The predicted octanol–water partition coefficient (Wildman–Crippen LogP) is 5.49. The molecule has 11 heteroatoms. The van der Waals surface area contributed by atoms with Gasteiger partial charge in [0.2, 0.25) is 5.91 Å². The summed E-state index contributed by atoms with van der Waals surface area (Å²) in [6.07, 6.45) is 0.0686. The highest BCUT2D eigenvalue weighted by Gasteiger charge is 2.32. The Morgan fingerprint density at radius 2 is 2.00 bits per heavy atom. The molecular formula is C27H23ClN6O3S. The van der Waals surface area contributed by atoms with Crippen molar-refractivity contribution in [3.63, 3.8) is 0 Å². The number of hydrogen-bond donors (Lipinski definition) is 2. The zero-order valence-corrected chi connectivity index (χ0v) is 22.4. The lowest BCUT2D eigenvalue weighted by atomic mass is 9.99. The van der Waals surface area contributed by atoms with E-state index in [1.807, 2.05) is 41.8 Å². The van der Waals surface area contributed by atoms with Crippen molar-refractivity contribution >= 4 is 46.1 Å². The van der Waals surface area contributed by atoms with E-state index >= 15 is 0 Å². The first-order valence-electron chi connectivity index (χ1n) is 12.0. The van der Waals surface area contributed by atoms with E-state index in [0.717, 1.165) is 38.8 Å². The third kappa shape index (κ3) is 4.06. The lowest BCUT2D eigenvalue weighted by Crippen LogP contribution is -2.17.